The molecule has 2 bridgehead atoms. The van der Waals surface area contributed by atoms with E-state index in [1.807, 2.05) is 0 Å². The highest BCUT2D eigenvalue weighted by Crippen LogP contribution is 3.01. The minimum atomic E-state index is 0.879. The topological polar surface area (TPSA) is 0 Å². The highest BCUT2D eigenvalue weighted by molar-refractivity contribution is 14.1. The third kappa shape index (κ3) is 0.255. The van der Waals surface area contributed by atoms with Gasteiger partial charge in [-0.2, -0.15) is 0 Å². The van der Waals surface area contributed by atoms with Gasteiger partial charge in [0, 0.05) is 6.84 Å². The quantitative estimate of drug-likeness (QED) is 0.467. The lowest BCUT2D eigenvalue weighted by Gasteiger charge is -2.23. The summed E-state index contributed by atoms with van der Waals surface area (Å²) in [4.78, 5) is 0. The third-order valence-electron chi connectivity index (χ3n) is 4.14. The molecule has 5 saturated carbocycles. The van der Waals surface area contributed by atoms with Crippen LogP contribution in [0.25, 0.3) is 0 Å². The molecule has 0 aromatic rings. The van der Waals surface area contributed by atoms with Crippen LogP contribution in [0.15, 0.2) is 0 Å². The maximum atomic E-state index is 2.74. The summed E-state index contributed by atoms with van der Waals surface area (Å²) < 4.78 is 1.76. The molecule has 5 aliphatic rings. The van der Waals surface area contributed by atoms with Crippen LogP contribution < -0.4 is 0 Å². The summed E-state index contributed by atoms with van der Waals surface area (Å²) in [6.07, 6.45) is 1.60. The molecule has 0 radical (unpaired) electrons. The van der Waals surface area contributed by atoms with E-state index in [9.17, 15) is 0 Å². The number of halogens is 2. The number of hydrogen-bond acceptors (Lipinski definition) is 0. The molecule has 5 rings (SSSR count). The Labute approximate surface area is 81.4 Å². The van der Waals surface area contributed by atoms with Crippen LogP contribution in [-0.2, 0) is 0 Å². The zero-order valence-corrected chi connectivity index (χ0v) is 9.09. The first-order chi connectivity index (χ1) is 4.22. The zero-order chi connectivity index (χ0) is 6.02. The Balaban J connectivity index is 2.07. The zero-order valence-electron chi connectivity index (χ0n) is 4.77. The Morgan fingerprint density at radius 1 is 1.00 bits per heavy atom. The molecular formula is C7H6I2. The molecule has 0 heterocycles. The lowest BCUT2D eigenvalue weighted by atomic mass is 10.0. The number of hydrogen-bond donors (Lipinski definition) is 0. The summed E-state index contributed by atoms with van der Waals surface area (Å²) in [7, 11) is 0. The standard InChI is InChI=1S/C7H6I2/c8-6-2-1-3-5(6)7(3,9)4(2)6/h2-5H,1H2. The molecular weight excluding hydrogens is 338 g/mol. The first-order valence-electron chi connectivity index (χ1n) is 3.59. The van der Waals surface area contributed by atoms with E-state index in [1.165, 1.54) is 23.7 Å². The van der Waals surface area contributed by atoms with E-state index in [1.54, 1.807) is 6.42 Å². The molecule has 9 heavy (non-hydrogen) atoms. The van der Waals surface area contributed by atoms with Crippen LogP contribution in [0.5, 0.6) is 0 Å². The summed E-state index contributed by atoms with van der Waals surface area (Å²) in [6, 6.07) is 0. The van der Waals surface area contributed by atoms with Gasteiger partial charge in [-0.15, -0.1) is 0 Å². The van der Waals surface area contributed by atoms with Crippen LogP contribution >= 0.6 is 45.2 Å². The number of alkyl halides is 2. The predicted molar refractivity (Wildman–Crippen MR) is 52.1 cm³/mol. The molecule has 0 nitrogen and oxygen atoms in total. The smallest absolute Gasteiger partial charge is 0.0342 e. The van der Waals surface area contributed by atoms with E-state index >= 15 is 0 Å². The molecule has 0 aliphatic heterocycles. The lowest BCUT2D eigenvalue weighted by Crippen LogP contribution is -2.28. The molecule has 2 heteroatoms. The third-order valence-corrected chi connectivity index (χ3v) is 8.42. The Morgan fingerprint density at radius 2 is 1.44 bits per heavy atom. The van der Waals surface area contributed by atoms with Gasteiger partial charge in [0.05, 0.1) is 0 Å². The van der Waals surface area contributed by atoms with Gasteiger partial charge in [0.15, 0.2) is 0 Å². The minimum absolute atomic E-state index is 0.879. The van der Waals surface area contributed by atoms with Gasteiger partial charge in [0.25, 0.3) is 0 Å². The molecule has 48 valence electrons. The molecule has 0 aromatic carbocycles. The van der Waals surface area contributed by atoms with Gasteiger partial charge < -0.3 is 0 Å². The Bertz CT molecular complexity index is 203. The molecule has 0 amide bonds. The fraction of sp³-hybridized carbons (Fsp3) is 1.00. The average molecular weight is 344 g/mol. The van der Waals surface area contributed by atoms with Crippen molar-refractivity contribution < 1.29 is 0 Å². The highest BCUT2D eigenvalue weighted by atomic mass is 127. The molecule has 5 aliphatic carbocycles. The largest absolute Gasteiger partial charge is 0.0778 e. The summed E-state index contributed by atoms with van der Waals surface area (Å²) in [5, 5.41) is 0. The lowest BCUT2D eigenvalue weighted by molar-refractivity contribution is 0.539. The maximum Gasteiger partial charge on any atom is 0.0342 e. The van der Waals surface area contributed by atoms with Crippen molar-refractivity contribution in [1.82, 2.24) is 0 Å². The monoisotopic (exact) mass is 344 g/mol. The van der Waals surface area contributed by atoms with E-state index in [0.717, 1.165) is 6.84 Å². The highest BCUT2D eigenvalue weighted by Gasteiger charge is 3.02. The predicted octanol–water partition coefficient (Wildman–Crippen LogP) is 2.24. The van der Waals surface area contributed by atoms with E-state index in [2.05, 4.69) is 45.2 Å². The minimum Gasteiger partial charge on any atom is -0.0778 e. The Kier molecular flexibility index (Phi) is 0.555. The van der Waals surface area contributed by atoms with Gasteiger partial charge in [-0.25, -0.2) is 0 Å². The van der Waals surface area contributed by atoms with Crippen LogP contribution in [-0.4, -0.2) is 6.84 Å². The van der Waals surface area contributed by atoms with Crippen molar-refractivity contribution in [3.63, 3.8) is 0 Å². The second kappa shape index (κ2) is 0.967. The van der Waals surface area contributed by atoms with Crippen molar-refractivity contribution in [2.75, 3.05) is 0 Å². The van der Waals surface area contributed by atoms with Gasteiger partial charge >= 0.3 is 0 Å². The summed E-state index contributed by atoms with van der Waals surface area (Å²) in [5.74, 6) is 4.73. The Hall–Kier alpha value is 1.46. The van der Waals surface area contributed by atoms with Gasteiger partial charge in [-0.3, -0.25) is 0 Å². The summed E-state index contributed by atoms with van der Waals surface area (Å²) in [5.41, 5.74) is 0. The van der Waals surface area contributed by atoms with Crippen molar-refractivity contribution in [1.29, 1.82) is 0 Å². The van der Waals surface area contributed by atoms with Crippen LogP contribution in [0.4, 0.5) is 0 Å². The molecule has 0 N–H and O–H groups in total. The van der Waals surface area contributed by atoms with Gasteiger partial charge in [0.2, 0.25) is 0 Å². The molecule has 2 atom stereocenters. The van der Waals surface area contributed by atoms with E-state index < -0.39 is 0 Å². The second-order valence-electron chi connectivity index (χ2n) is 4.06. The van der Waals surface area contributed by atoms with Crippen molar-refractivity contribution in [2.24, 2.45) is 23.7 Å². The first-order valence-corrected chi connectivity index (χ1v) is 5.75. The average Bonchev–Trinajstić information content (AvgIpc) is 2.38. The van der Waals surface area contributed by atoms with Crippen LogP contribution in [0, 0.1) is 23.7 Å². The van der Waals surface area contributed by atoms with Crippen LogP contribution in [0.3, 0.4) is 0 Å². The van der Waals surface area contributed by atoms with Crippen molar-refractivity contribution >= 4 is 45.2 Å². The molecule has 0 aromatic heterocycles. The normalized spacial score (nSPS) is 94.0. The fourth-order valence-corrected chi connectivity index (χ4v) is 9.70. The van der Waals surface area contributed by atoms with Crippen molar-refractivity contribution in [3.8, 4) is 0 Å². The molecule has 0 saturated heterocycles. The van der Waals surface area contributed by atoms with E-state index in [0.29, 0.717) is 0 Å². The number of rotatable bonds is 0. The molecule has 2 unspecified atom stereocenters. The Morgan fingerprint density at radius 3 is 1.56 bits per heavy atom. The van der Waals surface area contributed by atoms with E-state index in [4.69, 9.17) is 0 Å². The first kappa shape index (κ1) is 5.17. The van der Waals surface area contributed by atoms with Crippen LogP contribution in [0.1, 0.15) is 6.42 Å². The van der Waals surface area contributed by atoms with E-state index in [-0.39, 0.29) is 0 Å². The summed E-state index contributed by atoms with van der Waals surface area (Å²) in [6.45, 7) is 0. The fourth-order valence-electron chi connectivity index (χ4n) is 3.85. The summed E-state index contributed by atoms with van der Waals surface area (Å²) >= 11 is 5.48. The van der Waals surface area contributed by atoms with Crippen molar-refractivity contribution in [2.45, 2.75) is 13.3 Å². The van der Waals surface area contributed by atoms with Gasteiger partial charge in [0.1, 0.15) is 0 Å². The second-order valence-corrected chi connectivity index (χ2v) is 7.80. The van der Waals surface area contributed by atoms with Crippen LogP contribution in [0.2, 0.25) is 0 Å². The van der Waals surface area contributed by atoms with Gasteiger partial charge in [-0.05, 0) is 30.1 Å². The van der Waals surface area contributed by atoms with Gasteiger partial charge in [-0.1, -0.05) is 45.2 Å². The molecule has 5 fully saturated rings. The van der Waals surface area contributed by atoms with Crippen molar-refractivity contribution in [3.05, 3.63) is 0 Å². The maximum absolute atomic E-state index is 2.74. The SMILES string of the molecule is IC12C3CC4C1C4(I)C32. The molecule has 0 spiro atoms.